The predicted octanol–water partition coefficient (Wildman–Crippen LogP) is 4.39. The van der Waals surface area contributed by atoms with Gasteiger partial charge in [0.2, 0.25) is 0 Å². The molecule has 25 heavy (non-hydrogen) atoms. The van der Waals surface area contributed by atoms with Crippen molar-refractivity contribution in [1.82, 2.24) is 4.57 Å². The Bertz CT molecular complexity index is 840. The molecule has 3 aromatic rings. The summed E-state index contributed by atoms with van der Waals surface area (Å²) in [5.41, 5.74) is 3.85. The lowest BCUT2D eigenvalue weighted by Crippen LogP contribution is -2.37. The van der Waals surface area contributed by atoms with Crippen molar-refractivity contribution in [3.63, 3.8) is 0 Å². The summed E-state index contributed by atoms with van der Waals surface area (Å²) in [5, 5.41) is 1.36. The summed E-state index contributed by atoms with van der Waals surface area (Å²) < 4.78 is 10.4. The molecule has 0 spiro atoms. The van der Waals surface area contributed by atoms with E-state index in [-0.39, 0.29) is 0 Å². The number of rotatable bonds is 5. The number of fused-ring (bicyclic) bond motifs is 1. The van der Waals surface area contributed by atoms with Crippen LogP contribution in [0.5, 0.6) is 5.75 Å². The van der Waals surface area contributed by atoms with Crippen LogP contribution in [-0.2, 0) is 13.1 Å². The van der Waals surface area contributed by atoms with Crippen molar-refractivity contribution in [2.45, 2.75) is 31.6 Å². The van der Waals surface area contributed by atoms with E-state index in [4.69, 9.17) is 4.74 Å². The number of nitrogens with zero attached hydrogens (tertiary/aromatic N) is 2. The number of aryl methyl sites for hydroxylation is 1. The molecule has 0 unspecified atom stereocenters. The van der Waals surface area contributed by atoms with E-state index in [1.807, 2.05) is 18.7 Å². The third-order valence-electron chi connectivity index (χ3n) is 4.46. The number of imidazole rings is 1. The SMILES string of the molecule is CCOc1ccc(-c2c[n+]3c(n2Cc2ccccc2)SCCC3)cc1. The molecule has 4 heteroatoms. The molecule has 2 heterocycles. The largest absolute Gasteiger partial charge is 0.494 e. The molecule has 0 saturated carbocycles. The fourth-order valence-corrected chi connectivity index (χ4v) is 4.37. The fourth-order valence-electron chi connectivity index (χ4n) is 3.29. The van der Waals surface area contributed by atoms with E-state index in [1.165, 1.54) is 34.2 Å². The lowest BCUT2D eigenvalue weighted by Gasteiger charge is -2.10. The molecule has 1 aliphatic rings. The van der Waals surface area contributed by atoms with E-state index in [0.717, 1.165) is 18.8 Å². The summed E-state index contributed by atoms with van der Waals surface area (Å²) in [4.78, 5) is 0. The number of hydrogen-bond donors (Lipinski definition) is 0. The second-order valence-electron chi connectivity index (χ2n) is 6.22. The number of thioether (sulfide) groups is 1. The van der Waals surface area contributed by atoms with Crippen molar-refractivity contribution in [2.75, 3.05) is 12.4 Å². The van der Waals surface area contributed by atoms with Crippen molar-refractivity contribution in [1.29, 1.82) is 0 Å². The molecular weight excluding hydrogens is 328 g/mol. The Hall–Kier alpha value is -2.20. The molecule has 1 aliphatic heterocycles. The van der Waals surface area contributed by atoms with Gasteiger partial charge in [0.15, 0.2) is 5.69 Å². The maximum Gasteiger partial charge on any atom is 0.318 e. The molecule has 0 saturated heterocycles. The van der Waals surface area contributed by atoms with Gasteiger partial charge in [0.25, 0.3) is 0 Å². The number of aromatic nitrogens is 2. The zero-order valence-corrected chi connectivity index (χ0v) is 15.3. The molecular formula is C21H23N2OS+. The highest BCUT2D eigenvalue weighted by atomic mass is 32.2. The lowest BCUT2D eigenvalue weighted by molar-refractivity contribution is -0.734. The molecule has 0 bridgehead atoms. The maximum absolute atomic E-state index is 5.59. The molecule has 4 rings (SSSR count). The van der Waals surface area contributed by atoms with E-state index in [9.17, 15) is 0 Å². The summed E-state index contributed by atoms with van der Waals surface area (Å²) in [6, 6.07) is 19.2. The molecule has 0 fully saturated rings. The van der Waals surface area contributed by atoms with Gasteiger partial charge in [0.1, 0.15) is 18.5 Å². The number of ether oxygens (including phenoxy) is 1. The van der Waals surface area contributed by atoms with Gasteiger partial charge in [-0.3, -0.25) is 0 Å². The Morgan fingerprint density at radius 3 is 2.64 bits per heavy atom. The van der Waals surface area contributed by atoms with E-state index < -0.39 is 0 Å². The smallest absolute Gasteiger partial charge is 0.318 e. The van der Waals surface area contributed by atoms with Crippen LogP contribution in [-0.4, -0.2) is 16.9 Å². The molecule has 128 valence electrons. The number of hydrogen-bond acceptors (Lipinski definition) is 2. The van der Waals surface area contributed by atoms with Crippen LogP contribution in [0.4, 0.5) is 0 Å². The first kappa shape index (κ1) is 16.3. The van der Waals surface area contributed by atoms with Crippen molar-refractivity contribution >= 4 is 11.8 Å². The predicted molar refractivity (Wildman–Crippen MR) is 102 cm³/mol. The molecule has 0 amide bonds. The summed E-state index contributed by atoms with van der Waals surface area (Å²) in [6.45, 7) is 4.72. The molecule has 0 radical (unpaired) electrons. The zero-order chi connectivity index (χ0) is 17.1. The standard InChI is InChI=1S/C21H23N2OS/c1-2-24-19-11-9-18(10-12-19)20-16-22-13-6-14-25-21(22)23(20)15-17-7-4-3-5-8-17/h3-5,7-12,16H,2,6,13-15H2,1H3/q+1. The zero-order valence-electron chi connectivity index (χ0n) is 14.5. The average Bonchev–Trinajstić information content (AvgIpc) is 3.02. The van der Waals surface area contributed by atoms with Gasteiger partial charge in [0, 0.05) is 11.3 Å². The third kappa shape index (κ3) is 3.45. The van der Waals surface area contributed by atoms with Gasteiger partial charge in [-0.15, -0.1) is 0 Å². The first-order valence-electron chi connectivity index (χ1n) is 8.88. The van der Waals surface area contributed by atoms with Crippen LogP contribution < -0.4 is 9.30 Å². The van der Waals surface area contributed by atoms with E-state index in [2.05, 4.69) is 69.9 Å². The Balaban J connectivity index is 1.74. The van der Waals surface area contributed by atoms with Gasteiger partial charge in [-0.1, -0.05) is 30.3 Å². The monoisotopic (exact) mass is 351 g/mol. The van der Waals surface area contributed by atoms with Crippen molar-refractivity contribution in [3.8, 4) is 17.0 Å². The maximum atomic E-state index is 5.59. The number of benzene rings is 2. The molecule has 2 aromatic carbocycles. The van der Waals surface area contributed by atoms with Crippen LogP contribution in [0, 0.1) is 0 Å². The molecule has 0 atom stereocenters. The van der Waals surface area contributed by atoms with Gasteiger partial charge in [-0.25, -0.2) is 9.13 Å². The van der Waals surface area contributed by atoms with Crippen LogP contribution in [0.25, 0.3) is 11.3 Å². The Morgan fingerprint density at radius 2 is 1.88 bits per heavy atom. The minimum atomic E-state index is 0.699. The van der Waals surface area contributed by atoms with Crippen molar-refractivity contribution in [2.24, 2.45) is 0 Å². The van der Waals surface area contributed by atoms with Gasteiger partial charge in [0.05, 0.1) is 13.2 Å². The highest BCUT2D eigenvalue weighted by Gasteiger charge is 2.27. The van der Waals surface area contributed by atoms with Crippen LogP contribution in [0.2, 0.25) is 0 Å². The minimum Gasteiger partial charge on any atom is -0.494 e. The van der Waals surface area contributed by atoms with Crippen LogP contribution in [0.1, 0.15) is 18.9 Å². The molecule has 1 aromatic heterocycles. The quantitative estimate of drug-likeness (QED) is 0.635. The first-order chi connectivity index (χ1) is 12.3. The Kier molecular flexibility index (Phi) is 4.79. The highest BCUT2D eigenvalue weighted by molar-refractivity contribution is 7.99. The van der Waals surface area contributed by atoms with Gasteiger partial charge >= 0.3 is 5.16 Å². The average molecular weight is 351 g/mol. The minimum absolute atomic E-state index is 0.699. The first-order valence-corrected chi connectivity index (χ1v) is 9.86. The van der Waals surface area contributed by atoms with E-state index in [0.29, 0.717) is 6.61 Å². The van der Waals surface area contributed by atoms with Crippen LogP contribution >= 0.6 is 11.8 Å². The summed E-state index contributed by atoms with van der Waals surface area (Å²) >= 11 is 1.96. The van der Waals surface area contributed by atoms with Gasteiger partial charge in [-0.2, -0.15) is 0 Å². The van der Waals surface area contributed by atoms with Crippen molar-refractivity contribution in [3.05, 3.63) is 66.4 Å². The second kappa shape index (κ2) is 7.36. The molecule has 0 aliphatic carbocycles. The van der Waals surface area contributed by atoms with Crippen LogP contribution in [0.15, 0.2) is 66.0 Å². The fraction of sp³-hybridized carbons (Fsp3) is 0.286. The third-order valence-corrected chi connectivity index (χ3v) is 5.67. The second-order valence-corrected chi connectivity index (χ2v) is 7.28. The van der Waals surface area contributed by atoms with E-state index >= 15 is 0 Å². The Labute approximate surface area is 153 Å². The topological polar surface area (TPSA) is 18.0 Å². The van der Waals surface area contributed by atoms with Crippen molar-refractivity contribution < 1.29 is 9.30 Å². The summed E-state index contributed by atoms with van der Waals surface area (Å²) in [7, 11) is 0. The highest BCUT2D eigenvalue weighted by Crippen LogP contribution is 2.29. The normalized spacial score (nSPS) is 13.5. The Morgan fingerprint density at radius 1 is 1.08 bits per heavy atom. The lowest BCUT2D eigenvalue weighted by atomic mass is 10.1. The summed E-state index contributed by atoms with van der Waals surface area (Å²) in [5.74, 6) is 2.13. The van der Waals surface area contributed by atoms with E-state index in [1.54, 1.807) is 0 Å². The van der Waals surface area contributed by atoms with Crippen LogP contribution in [0.3, 0.4) is 0 Å². The summed E-state index contributed by atoms with van der Waals surface area (Å²) in [6.07, 6.45) is 3.54. The molecule has 3 nitrogen and oxygen atoms in total. The van der Waals surface area contributed by atoms with Gasteiger partial charge in [-0.05, 0) is 54.9 Å². The molecule has 0 N–H and O–H groups in total. The van der Waals surface area contributed by atoms with Gasteiger partial charge < -0.3 is 4.74 Å².